The molecule has 0 spiro atoms. The number of aryl methyl sites for hydroxylation is 1. The lowest BCUT2D eigenvalue weighted by Gasteiger charge is -2.20. The van der Waals surface area contributed by atoms with E-state index in [4.69, 9.17) is 0 Å². The Morgan fingerprint density at radius 1 is 1.47 bits per heavy atom. The molecular weight excluding hydrogens is 186 g/mol. The molecule has 0 radical (unpaired) electrons. The van der Waals surface area contributed by atoms with Gasteiger partial charge in [0.25, 0.3) is 0 Å². The fourth-order valence-corrected chi connectivity index (χ4v) is 1.30. The second-order valence-corrected chi connectivity index (χ2v) is 4.19. The molecule has 1 aromatic heterocycles. The Balaban J connectivity index is 2.35. The molecule has 1 rings (SSSR count). The predicted octanol–water partition coefficient (Wildman–Crippen LogP) is 1.43. The highest BCUT2D eigenvalue weighted by Gasteiger charge is 2.03. The topological polar surface area (TPSA) is 28.2 Å². The number of rotatable bonds is 5. The number of aromatic nitrogens is 1. The van der Waals surface area contributed by atoms with Crippen LogP contribution in [0.3, 0.4) is 0 Å². The number of pyridine rings is 1. The molecule has 0 saturated carbocycles. The van der Waals surface area contributed by atoms with Gasteiger partial charge in [0, 0.05) is 31.0 Å². The van der Waals surface area contributed by atoms with Crippen molar-refractivity contribution in [3.8, 4) is 0 Å². The summed E-state index contributed by atoms with van der Waals surface area (Å²) in [5, 5.41) is 3.44. The van der Waals surface area contributed by atoms with Gasteiger partial charge in [-0.2, -0.15) is 0 Å². The molecule has 1 heterocycles. The van der Waals surface area contributed by atoms with E-state index in [0.29, 0.717) is 6.04 Å². The molecule has 0 amide bonds. The minimum absolute atomic E-state index is 0.557. The molecule has 3 heteroatoms. The van der Waals surface area contributed by atoms with E-state index in [0.717, 1.165) is 18.8 Å². The van der Waals surface area contributed by atoms with Crippen molar-refractivity contribution in [2.24, 2.45) is 0 Å². The van der Waals surface area contributed by atoms with E-state index in [-0.39, 0.29) is 0 Å². The molecule has 0 fully saturated rings. The molecule has 84 valence electrons. The first-order valence-corrected chi connectivity index (χ1v) is 5.39. The van der Waals surface area contributed by atoms with Crippen LogP contribution in [0.1, 0.15) is 18.2 Å². The Labute approximate surface area is 92.5 Å². The van der Waals surface area contributed by atoms with Crippen LogP contribution in [0, 0.1) is 6.92 Å². The lowest BCUT2D eigenvalue weighted by molar-refractivity contribution is 0.302. The van der Waals surface area contributed by atoms with Gasteiger partial charge in [-0.25, -0.2) is 0 Å². The van der Waals surface area contributed by atoms with Gasteiger partial charge in [0.1, 0.15) is 0 Å². The molecule has 1 unspecified atom stereocenters. The van der Waals surface area contributed by atoms with Crippen LogP contribution in [-0.2, 0) is 6.54 Å². The summed E-state index contributed by atoms with van der Waals surface area (Å²) in [7, 11) is 4.20. The quantitative estimate of drug-likeness (QED) is 0.791. The van der Waals surface area contributed by atoms with Crippen molar-refractivity contribution >= 4 is 0 Å². The van der Waals surface area contributed by atoms with Crippen molar-refractivity contribution in [2.75, 3.05) is 20.6 Å². The molecule has 15 heavy (non-hydrogen) atoms. The minimum Gasteiger partial charge on any atom is -0.311 e. The lowest BCUT2D eigenvalue weighted by atomic mass is 10.2. The van der Waals surface area contributed by atoms with E-state index in [9.17, 15) is 0 Å². The van der Waals surface area contributed by atoms with Crippen molar-refractivity contribution in [1.29, 1.82) is 0 Å². The van der Waals surface area contributed by atoms with Gasteiger partial charge in [-0.1, -0.05) is 6.07 Å². The third-order valence-electron chi connectivity index (χ3n) is 2.75. The van der Waals surface area contributed by atoms with E-state index < -0.39 is 0 Å². The molecule has 3 nitrogen and oxygen atoms in total. The first kappa shape index (κ1) is 12.1. The highest BCUT2D eigenvalue weighted by molar-refractivity contribution is 5.17. The van der Waals surface area contributed by atoms with E-state index in [1.165, 1.54) is 5.56 Å². The van der Waals surface area contributed by atoms with Gasteiger partial charge in [-0.3, -0.25) is 4.98 Å². The summed E-state index contributed by atoms with van der Waals surface area (Å²) >= 11 is 0. The van der Waals surface area contributed by atoms with Gasteiger partial charge in [-0.05, 0) is 39.6 Å². The second kappa shape index (κ2) is 5.83. The van der Waals surface area contributed by atoms with Crippen LogP contribution in [0.4, 0.5) is 0 Å². The van der Waals surface area contributed by atoms with Gasteiger partial charge in [0.2, 0.25) is 0 Å². The summed E-state index contributed by atoms with van der Waals surface area (Å²) in [6, 6.07) is 4.66. The maximum atomic E-state index is 4.26. The average molecular weight is 207 g/mol. The molecule has 0 aliphatic rings. The van der Waals surface area contributed by atoms with Crippen LogP contribution in [-0.4, -0.2) is 36.6 Å². The van der Waals surface area contributed by atoms with Crippen LogP contribution in [0.2, 0.25) is 0 Å². The zero-order valence-electron chi connectivity index (χ0n) is 10.1. The van der Waals surface area contributed by atoms with Crippen molar-refractivity contribution in [1.82, 2.24) is 15.2 Å². The molecule has 0 saturated heterocycles. The second-order valence-electron chi connectivity index (χ2n) is 4.19. The Morgan fingerprint density at radius 3 is 2.80 bits per heavy atom. The summed E-state index contributed by atoms with van der Waals surface area (Å²) in [5.41, 5.74) is 2.39. The van der Waals surface area contributed by atoms with E-state index in [1.807, 2.05) is 19.2 Å². The van der Waals surface area contributed by atoms with Crippen LogP contribution in [0.15, 0.2) is 18.3 Å². The van der Waals surface area contributed by atoms with E-state index in [2.05, 4.69) is 42.3 Å². The maximum Gasteiger partial charge on any atom is 0.0417 e. The SMILES string of the molecule is Cc1ncccc1CNCC(C)N(C)C. The van der Waals surface area contributed by atoms with Gasteiger partial charge in [-0.15, -0.1) is 0 Å². The van der Waals surface area contributed by atoms with Crippen LogP contribution in [0.25, 0.3) is 0 Å². The molecule has 0 aliphatic carbocycles. The number of hydrogen-bond acceptors (Lipinski definition) is 3. The first-order valence-electron chi connectivity index (χ1n) is 5.39. The zero-order chi connectivity index (χ0) is 11.3. The zero-order valence-corrected chi connectivity index (χ0v) is 10.1. The standard InChI is InChI=1S/C12H21N3/c1-10(15(3)4)8-13-9-12-6-5-7-14-11(12)2/h5-7,10,13H,8-9H2,1-4H3. The number of nitrogens with zero attached hydrogens (tertiary/aromatic N) is 2. The summed E-state index contributed by atoms with van der Waals surface area (Å²) in [6.07, 6.45) is 1.83. The highest BCUT2D eigenvalue weighted by Crippen LogP contribution is 2.02. The molecule has 0 bridgehead atoms. The van der Waals surface area contributed by atoms with E-state index in [1.54, 1.807) is 0 Å². The smallest absolute Gasteiger partial charge is 0.0417 e. The number of hydrogen-bond donors (Lipinski definition) is 1. The van der Waals surface area contributed by atoms with Crippen molar-refractivity contribution in [2.45, 2.75) is 26.4 Å². The van der Waals surface area contributed by atoms with Gasteiger partial charge in [0.15, 0.2) is 0 Å². The van der Waals surface area contributed by atoms with Gasteiger partial charge in [0.05, 0.1) is 0 Å². The first-order chi connectivity index (χ1) is 7.11. The minimum atomic E-state index is 0.557. The Morgan fingerprint density at radius 2 is 2.20 bits per heavy atom. The van der Waals surface area contributed by atoms with Crippen molar-refractivity contribution in [3.05, 3.63) is 29.6 Å². The maximum absolute atomic E-state index is 4.26. The van der Waals surface area contributed by atoms with Crippen molar-refractivity contribution in [3.63, 3.8) is 0 Å². The fourth-order valence-electron chi connectivity index (χ4n) is 1.30. The molecule has 1 aromatic rings. The molecule has 0 aliphatic heterocycles. The van der Waals surface area contributed by atoms with Crippen molar-refractivity contribution < 1.29 is 0 Å². The molecule has 0 aromatic carbocycles. The van der Waals surface area contributed by atoms with Crippen LogP contribution < -0.4 is 5.32 Å². The molecule has 1 atom stereocenters. The summed E-state index contributed by atoms with van der Waals surface area (Å²) in [6.45, 7) is 6.16. The lowest BCUT2D eigenvalue weighted by Crippen LogP contribution is -2.35. The van der Waals surface area contributed by atoms with E-state index >= 15 is 0 Å². The third-order valence-corrected chi connectivity index (χ3v) is 2.75. The summed E-state index contributed by atoms with van der Waals surface area (Å²) < 4.78 is 0. The van der Waals surface area contributed by atoms with Gasteiger partial charge < -0.3 is 10.2 Å². The Hall–Kier alpha value is -0.930. The van der Waals surface area contributed by atoms with Crippen LogP contribution in [0.5, 0.6) is 0 Å². The van der Waals surface area contributed by atoms with Crippen LogP contribution >= 0.6 is 0 Å². The fraction of sp³-hybridized carbons (Fsp3) is 0.583. The monoisotopic (exact) mass is 207 g/mol. The molecule has 1 N–H and O–H groups in total. The normalized spacial score (nSPS) is 13.1. The Bertz CT molecular complexity index is 297. The third kappa shape index (κ3) is 3.98. The predicted molar refractivity (Wildman–Crippen MR) is 63.8 cm³/mol. The summed E-state index contributed by atoms with van der Waals surface area (Å²) in [5.74, 6) is 0. The number of nitrogens with one attached hydrogen (secondary N) is 1. The largest absolute Gasteiger partial charge is 0.311 e. The highest BCUT2D eigenvalue weighted by atomic mass is 15.1. The Kier molecular flexibility index (Phi) is 4.72. The molecular formula is C12H21N3. The van der Waals surface area contributed by atoms with Gasteiger partial charge >= 0.3 is 0 Å². The summed E-state index contributed by atoms with van der Waals surface area (Å²) in [4.78, 5) is 6.47. The average Bonchev–Trinajstić information content (AvgIpc) is 2.20. The number of likely N-dealkylation sites (N-methyl/N-ethyl adjacent to an activating group) is 1.